The maximum Gasteiger partial charge on any atom is 0.132 e. The monoisotopic (exact) mass is 213 g/mol. The summed E-state index contributed by atoms with van der Waals surface area (Å²) in [6.07, 6.45) is 1.73. The molecule has 2 heteroatoms. The number of hydrogen-bond donors (Lipinski definition) is 1. The molecule has 1 N–H and O–H groups in total. The van der Waals surface area contributed by atoms with Crippen LogP contribution >= 0.6 is 0 Å². The Morgan fingerprint density at radius 1 is 0.750 bits per heavy atom. The van der Waals surface area contributed by atoms with Crippen molar-refractivity contribution in [2.75, 3.05) is 0 Å². The first kappa shape index (κ1) is 10.4. The van der Waals surface area contributed by atoms with Crippen molar-refractivity contribution in [3.8, 4) is 0 Å². The third-order valence-corrected chi connectivity index (χ3v) is 2.21. The summed E-state index contributed by atoms with van der Waals surface area (Å²) in [6, 6.07) is 18.7. The van der Waals surface area contributed by atoms with E-state index < -0.39 is 0 Å². The third kappa shape index (κ3) is 2.48. The van der Waals surface area contributed by atoms with Gasteiger partial charge >= 0.3 is 0 Å². The molecule has 0 saturated heterocycles. The largest absolute Gasteiger partial charge is 0.361 e. The highest BCUT2D eigenvalue weighted by Crippen LogP contribution is 2.14. The molecule has 0 aliphatic rings. The fraction of sp³-hybridized carbons (Fsp3) is 0. The molecule has 0 radical (unpaired) electrons. The molecule has 0 bridgehead atoms. The first-order chi connectivity index (χ1) is 7.88. The average Bonchev–Trinajstić information content (AvgIpc) is 2.82. The Hall–Kier alpha value is -2.09. The van der Waals surface area contributed by atoms with Crippen molar-refractivity contribution in [2.45, 2.75) is 0 Å². The van der Waals surface area contributed by atoms with E-state index in [1.807, 2.05) is 42.5 Å². The number of benzene rings is 2. The summed E-state index contributed by atoms with van der Waals surface area (Å²) in [6.45, 7) is 0. The van der Waals surface area contributed by atoms with Crippen molar-refractivity contribution in [3.63, 3.8) is 0 Å². The summed E-state index contributed by atoms with van der Waals surface area (Å²) >= 11 is 0. The minimum absolute atomic E-state index is 0.168. The Balaban J connectivity index is 0.000000138. The molecule has 0 atom stereocenters. The van der Waals surface area contributed by atoms with Crippen LogP contribution in [-0.4, -0.2) is 4.98 Å². The van der Waals surface area contributed by atoms with Gasteiger partial charge in [0, 0.05) is 17.1 Å². The zero-order valence-corrected chi connectivity index (χ0v) is 8.73. The predicted molar refractivity (Wildman–Crippen MR) is 64.7 cm³/mol. The molecule has 0 fully saturated rings. The van der Waals surface area contributed by atoms with E-state index in [0.717, 1.165) is 5.52 Å². The van der Waals surface area contributed by atoms with Gasteiger partial charge in [0.15, 0.2) is 0 Å². The van der Waals surface area contributed by atoms with Crippen molar-refractivity contribution in [1.82, 2.24) is 4.98 Å². The molecule has 1 aromatic heterocycles. The standard InChI is InChI=1S/C8H6FN.C6H6/c9-7-2-1-3-8-6(7)4-5-10-8;1-2-4-6-5-3-1/h1-5,10H;1-6H. The Bertz CT molecular complexity index is 516. The molecule has 0 unspecified atom stereocenters. The lowest BCUT2D eigenvalue weighted by Gasteiger charge is -1.88. The lowest BCUT2D eigenvalue weighted by Crippen LogP contribution is -1.72. The Morgan fingerprint density at radius 2 is 1.38 bits per heavy atom. The molecule has 80 valence electrons. The second kappa shape index (κ2) is 5.12. The summed E-state index contributed by atoms with van der Waals surface area (Å²) in [5, 5.41) is 0.655. The van der Waals surface area contributed by atoms with E-state index in [1.165, 1.54) is 6.07 Å². The highest BCUT2D eigenvalue weighted by atomic mass is 19.1. The van der Waals surface area contributed by atoms with Crippen LogP contribution in [0.3, 0.4) is 0 Å². The number of rotatable bonds is 0. The topological polar surface area (TPSA) is 15.8 Å². The van der Waals surface area contributed by atoms with Gasteiger partial charge in [0.25, 0.3) is 0 Å². The first-order valence-electron chi connectivity index (χ1n) is 5.09. The Labute approximate surface area is 93.6 Å². The maximum atomic E-state index is 12.8. The van der Waals surface area contributed by atoms with Crippen molar-refractivity contribution in [3.05, 3.63) is 72.7 Å². The molecule has 0 amide bonds. The number of aromatic amines is 1. The smallest absolute Gasteiger partial charge is 0.132 e. The number of halogens is 1. The molecule has 0 spiro atoms. The number of aromatic nitrogens is 1. The molecule has 0 saturated carbocycles. The third-order valence-electron chi connectivity index (χ3n) is 2.21. The second-order valence-corrected chi connectivity index (χ2v) is 3.33. The molecule has 3 rings (SSSR count). The van der Waals surface area contributed by atoms with Gasteiger partial charge < -0.3 is 4.98 Å². The molecular weight excluding hydrogens is 201 g/mol. The minimum atomic E-state index is -0.168. The predicted octanol–water partition coefficient (Wildman–Crippen LogP) is 3.99. The number of nitrogens with one attached hydrogen (secondary N) is 1. The Morgan fingerprint density at radius 3 is 1.94 bits per heavy atom. The van der Waals surface area contributed by atoms with Gasteiger partial charge in [-0.05, 0) is 18.2 Å². The highest BCUT2D eigenvalue weighted by Gasteiger charge is 1.97. The van der Waals surface area contributed by atoms with Gasteiger partial charge in [0.2, 0.25) is 0 Å². The molecule has 0 aliphatic carbocycles. The van der Waals surface area contributed by atoms with Gasteiger partial charge in [0.05, 0.1) is 0 Å². The summed E-state index contributed by atoms with van der Waals surface area (Å²) in [5.74, 6) is -0.168. The second-order valence-electron chi connectivity index (χ2n) is 3.33. The van der Waals surface area contributed by atoms with Crippen LogP contribution in [0.1, 0.15) is 0 Å². The van der Waals surface area contributed by atoms with Crippen LogP contribution in [0, 0.1) is 5.82 Å². The lowest BCUT2D eigenvalue weighted by molar-refractivity contribution is 0.640. The minimum Gasteiger partial charge on any atom is -0.361 e. The van der Waals surface area contributed by atoms with Crippen molar-refractivity contribution in [1.29, 1.82) is 0 Å². The molecule has 0 aliphatic heterocycles. The van der Waals surface area contributed by atoms with Crippen molar-refractivity contribution >= 4 is 10.9 Å². The maximum absolute atomic E-state index is 12.8. The lowest BCUT2D eigenvalue weighted by atomic mass is 10.2. The molecule has 1 heterocycles. The number of H-pyrrole nitrogens is 1. The SMILES string of the molecule is Fc1cccc2[nH]ccc12.c1ccccc1. The van der Waals surface area contributed by atoms with Gasteiger partial charge in [-0.3, -0.25) is 0 Å². The molecule has 1 nitrogen and oxygen atoms in total. The van der Waals surface area contributed by atoms with Gasteiger partial charge in [-0.2, -0.15) is 0 Å². The highest BCUT2D eigenvalue weighted by molar-refractivity contribution is 5.79. The van der Waals surface area contributed by atoms with E-state index in [2.05, 4.69) is 4.98 Å². The van der Waals surface area contributed by atoms with Crippen LogP contribution in [0.5, 0.6) is 0 Å². The zero-order chi connectivity index (χ0) is 11.2. The molecule has 2 aromatic carbocycles. The summed E-state index contributed by atoms with van der Waals surface area (Å²) in [4.78, 5) is 2.92. The van der Waals surface area contributed by atoms with Crippen molar-refractivity contribution in [2.24, 2.45) is 0 Å². The van der Waals surface area contributed by atoms with Crippen LogP contribution < -0.4 is 0 Å². The summed E-state index contributed by atoms with van der Waals surface area (Å²) in [7, 11) is 0. The molecular formula is C14H12FN. The van der Waals surface area contributed by atoms with E-state index in [-0.39, 0.29) is 5.82 Å². The number of fused-ring (bicyclic) bond motifs is 1. The van der Waals surface area contributed by atoms with Crippen molar-refractivity contribution < 1.29 is 4.39 Å². The average molecular weight is 213 g/mol. The number of hydrogen-bond acceptors (Lipinski definition) is 0. The summed E-state index contributed by atoms with van der Waals surface area (Å²) < 4.78 is 12.8. The quantitative estimate of drug-likeness (QED) is 0.581. The first-order valence-corrected chi connectivity index (χ1v) is 5.09. The van der Waals surface area contributed by atoms with E-state index in [9.17, 15) is 4.39 Å². The normalized spacial score (nSPS) is 9.56. The zero-order valence-electron chi connectivity index (χ0n) is 8.73. The van der Waals surface area contributed by atoms with Gasteiger partial charge in [0.1, 0.15) is 5.82 Å². The molecule has 3 aromatic rings. The van der Waals surface area contributed by atoms with Crippen LogP contribution in [0.4, 0.5) is 4.39 Å². The fourth-order valence-electron chi connectivity index (χ4n) is 1.43. The van der Waals surface area contributed by atoms with E-state index >= 15 is 0 Å². The van der Waals surface area contributed by atoms with E-state index in [0.29, 0.717) is 5.39 Å². The molecule has 16 heavy (non-hydrogen) atoms. The fourth-order valence-corrected chi connectivity index (χ4v) is 1.43. The Kier molecular flexibility index (Phi) is 3.34. The van der Waals surface area contributed by atoms with Gasteiger partial charge in [-0.25, -0.2) is 4.39 Å². The van der Waals surface area contributed by atoms with E-state index in [1.54, 1.807) is 18.3 Å². The van der Waals surface area contributed by atoms with Crippen LogP contribution in [-0.2, 0) is 0 Å². The van der Waals surface area contributed by atoms with E-state index in [4.69, 9.17) is 0 Å². The van der Waals surface area contributed by atoms with Gasteiger partial charge in [-0.15, -0.1) is 0 Å². The summed E-state index contributed by atoms with van der Waals surface area (Å²) in [5.41, 5.74) is 0.847. The van der Waals surface area contributed by atoms with Crippen LogP contribution in [0.15, 0.2) is 66.9 Å². The van der Waals surface area contributed by atoms with Crippen LogP contribution in [0.2, 0.25) is 0 Å². The van der Waals surface area contributed by atoms with Gasteiger partial charge in [-0.1, -0.05) is 42.5 Å². The van der Waals surface area contributed by atoms with Crippen LogP contribution in [0.25, 0.3) is 10.9 Å².